The van der Waals surface area contributed by atoms with Gasteiger partial charge in [-0.2, -0.15) is 18.4 Å². The summed E-state index contributed by atoms with van der Waals surface area (Å²) in [5.41, 5.74) is 0.288. The fraction of sp³-hybridized carbons (Fsp3) is 0.333. The molecule has 0 atom stereocenters. The van der Waals surface area contributed by atoms with Gasteiger partial charge in [0, 0.05) is 25.9 Å². The molecule has 0 unspecified atom stereocenters. The highest BCUT2D eigenvalue weighted by Crippen LogP contribution is 2.47. The van der Waals surface area contributed by atoms with E-state index in [9.17, 15) is 26.9 Å². The lowest BCUT2D eigenvalue weighted by Gasteiger charge is -2.09. The molecule has 1 aliphatic rings. The van der Waals surface area contributed by atoms with Crippen LogP contribution in [-0.2, 0) is 35.5 Å². The first-order chi connectivity index (χ1) is 16.9. The van der Waals surface area contributed by atoms with Gasteiger partial charge in [-0.25, -0.2) is 23.4 Å². The third kappa shape index (κ3) is 3.65. The third-order valence-electron chi connectivity index (χ3n) is 6.63. The van der Waals surface area contributed by atoms with Gasteiger partial charge in [0.2, 0.25) is 0 Å². The Bertz CT molecular complexity index is 1660. The van der Waals surface area contributed by atoms with E-state index in [1.165, 1.54) is 16.1 Å². The predicted molar refractivity (Wildman–Crippen MR) is 125 cm³/mol. The summed E-state index contributed by atoms with van der Waals surface area (Å²) in [6.07, 6.45) is -2.28. The maximum Gasteiger partial charge on any atom is 0.417 e. The van der Waals surface area contributed by atoms with Crippen molar-refractivity contribution in [3.63, 3.8) is 0 Å². The fourth-order valence-electron chi connectivity index (χ4n) is 4.35. The number of hydrogen-bond acceptors (Lipinski definition) is 6. The number of nitrogens with zero attached hydrogens (tertiary/aromatic N) is 6. The fourth-order valence-corrected chi connectivity index (χ4v) is 5.56. The van der Waals surface area contributed by atoms with Gasteiger partial charge >= 0.3 is 6.18 Å². The summed E-state index contributed by atoms with van der Waals surface area (Å²) in [4.78, 5) is 12.8. The zero-order valence-corrected chi connectivity index (χ0v) is 20.4. The number of rotatable bonds is 5. The normalized spacial score (nSPS) is 15.2. The molecule has 3 aromatic heterocycles. The van der Waals surface area contributed by atoms with Crippen LogP contribution in [0.4, 0.5) is 13.2 Å². The van der Waals surface area contributed by atoms with Crippen LogP contribution in [0.15, 0.2) is 41.6 Å². The zero-order chi connectivity index (χ0) is 26.0. The number of nitriles is 1. The highest BCUT2D eigenvalue weighted by atomic mass is 32.2. The monoisotopic (exact) mass is 514 g/mol. The summed E-state index contributed by atoms with van der Waals surface area (Å²) in [6, 6.07) is 10.5. The molecule has 186 valence electrons. The van der Waals surface area contributed by atoms with E-state index in [2.05, 4.69) is 21.0 Å². The van der Waals surface area contributed by atoms with Gasteiger partial charge in [0.25, 0.3) is 0 Å². The van der Waals surface area contributed by atoms with E-state index in [1.54, 1.807) is 26.2 Å². The van der Waals surface area contributed by atoms with Crippen molar-refractivity contribution in [3.8, 4) is 29.0 Å². The molecule has 0 radical (unpaired) electrons. The number of fused-ring (bicyclic) bond motifs is 1. The minimum absolute atomic E-state index is 0.0232. The Morgan fingerprint density at radius 3 is 2.31 bits per heavy atom. The summed E-state index contributed by atoms with van der Waals surface area (Å²) in [6.45, 7) is 1.50. The molecule has 12 heteroatoms. The molecule has 36 heavy (non-hydrogen) atoms. The molecular weight excluding hydrogens is 493 g/mol. The Morgan fingerprint density at radius 2 is 1.75 bits per heavy atom. The largest absolute Gasteiger partial charge is 0.417 e. The number of sulfone groups is 1. The lowest BCUT2D eigenvalue weighted by atomic mass is 9.96. The molecule has 0 bridgehead atoms. The smallest absolute Gasteiger partial charge is 0.318 e. The first-order valence-corrected chi connectivity index (χ1v) is 12.8. The summed E-state index contributed by atoms with van der Waals surface area (Å²) < 4.78 is 68.7. The van der Waals surface area contributed by atoms with E-state index in [0.29, 0.717) is 11.4 Å². The second kappa shape index (κ2) is 7.89. The van der Waals surface area contributed by atoms with Crippen LogP contribution in [0.5, 0.6) is 0 Å². The molecule has 0 amide bonds. The van der Waals surface area contributed by atoms with Crippen LogP contribution in [0.1, 0.15) is 30.9 Å². The molecular formula is C24H21F3N6O2S. The van der Waals surface area contributed by atoms with E-state index in [1.807, 2.05) is 12.1 Å². The van der Waals surface area contributed by atoms with Crippen molar-refractivity contribution < 1.29 is 21.6 Å². The molecule has 1 saturated carbocycles. The minimum Gasteiger partial charge on any atom is -0.318 e. The average Bonchev–Trinajstić information content (AvgIpc) is 3.48. The lowest BCUT2D eigenvalue weighted by Crippen LogP contribution is -2.11. The number of aromatic nitrogens is 5. The number of halogens is 3. The molecule has 1 aromatic carbocycles. The average molecular weight is 515 g/mol. The quantitative estimate of drug-likeness (QED) is 0.391. The van der Waals surface area contributed by atoms with Crippen LogP contribution in [-0.4, -0.2) is 38.3 Å². The van der Waals surface area contributed by atoms with E-state index in [-0.39, 0.29) is 33.5 Å². The van der Waals surface area contributed by atoms with E-state index < -0.39 is 27.0 Å². The first kappa shape index (κ1) is 24.0. The lowest BCUT2D eigenvalue weighted by molar-refractivity contribution is -0.137. The van der Waals surface area contributed by atoms with Crippen LogP contribution < -0.4 is 0 Å². The van der Waals surface area contributed by atoms with Gasteiger partial charge in [-0.15, -0.1) is 0 Å². The van der Waals surface area contributed by atoms with Gasteiger partial charge in [0.1, 0.15) is 17.0 Å². The number of hydrogen-bond donors (Lipinski definition) is 0. The van der Waals surface area contributed by atoms with Crippen LogP contribution in [0, 0.1) is 11.3 Å². The predicted octanol–water partition coefficient (Wildman–Crippen LogP) is 4.40. The van der Waals surface area contributed by atoms with Gasteiger partial charge in [0.05, 0.1) is 22.8 Å². The van der Waals surface area contributed by atoms with E-state index >= 15 is 0 Å². The van der Waals surface area contributed by atoms with Gasteiger partial charge in [-0.3, -0.25) is 0 Å². The Labute approximate surface area is 205 Å². The van der Waals surface area contributed by atoms with Crippen molar-refractivity contribution in [2.24, 2.45) is 14.1 Å². The van der Waals surface area contributed by atoms with Crippen LogP contribution >= 0.6 is 0 Å². The zero-order valence-electron chi connectivity index (χ0n) is 19.6. The topological polar surface area (TPSA) is 106 Å². The highest BCUT2D eigenvalue weighted by Gasteiger charge is 2.44. The molecule has 0 aliphatic heterocycles. The molecule has 0 saturated heterocycles. The Balaban J connectivity index is 1.69. The van der Waals surface area contributed by atoms with Crippen LogP contribution in [0.3, 0.4) is 0 Å². The van der Waals surface area contributed by atoms with Crippen LogP contribution in [0.25, 0.3) is 34.1 Å². The number of benzene rings is 1. The number of pyridine rings is 1. The Hall–Kier alpha value is -3.72. The van der Waals surface area contributed by atoms with Crippen molar-refractivity contribution in [1.29, 1.82) is 5.26 Å². The number of imidazole rings is 2. The molecule has 8 nitrogen and oxygen atoms in total. The molecule has 5 rings (SSSR count). The van der Waals surface area contributed by atoms with Crippen molar-refractivity contribution in [2.75, 3.05) is 5.75 Å². The summed E-state index contributed by atoms with van der Waals surface area (Å²) in [5, 5.41) is 9.37. The first-order valence-electron chi connectivity index (χ1n) is 11.1. The molecule has 3 heterocycles. The van der Waals surface area contributed by atoms with Gasteiger partial charge in [-0.05, 0) is 24.5 Å². The number of alkyl halides is 3. The number of aryl methyl sites for hydroxylation is 1. The Kier molecular flexibility index (Phi) is 5.26. The summed E-state index contributed by atoms with van der Waals surface area (Å²) >= 11 is 0. The van der Waals surface area contributed by atoms with Gasteiger partial charge in [0.15, 0.2) is 26.3 Å². The molecule has 1 aliphatic carbocycles. The minimum atomic E-state index is -4.59. The second-order valence-electron chi connectivity index (χ2n) is 8.88. The maximum atomic E-state index is 13.2. The molecule has 0 N–H and O–H groups in total. The molecule has 1 fully saturated rings. The van der Waals surface area contributed by atoms with E-state index in [0.717, 1.165) is 30.7 Å². The van der Waals surface area contributed by atoms with Crippen molar-refractivity contribution >= 4 is 21.0 Å². The SMILES string of the molecule is CCS(=O)(=O)c1c(-c2nc3cc(C(F)(F)F)cnc3n2C)nc(-c2ccc(C3(C#N)CC3)cc2)n1C. The van der Waals surface area contributed by atoms with Crippen LogP contribution in [0.2, 0.25) is 0 Å². The molecule has 4 aromatic rings. The van der Waals surface area contributed by atoms with Gasteiger partial charge < -0.3 is 9.13 Å². The Morgan fingerprint density at radius 1 is 1.08 bits per heavy atom. The van der Waals surface area contributed by atoms with Crippen molar-refractivity contribution in [3.05, 3.63) is 47.7 Å². The van der Waals surface area contributed by atoms with Crippen molar-refractivity contribution in [1.82, 2.24) is 24.1 Å². The van der Waals surface area contributed by atoms with Crippen molar-refractivity contribution in [2.45, 2.75) is 36.4 Å². The summed E-state index contributed by atoms with van der Waals surface area (Å²) in [5.74, 6) is 0.230. The van der Waals surface area contributed by atoms with E-state index in [4.69, 9.17) is 0 Å². The molecule has 0 spiro atoms. The maximum absolute atomic E-state index is 13.2. The second-order valence-corrected chi connectivity index (χ2v) is 11.1. The standard InChI is InChI=1S/C24H21F3N6O2S/c1-4-36(34,35)22-18(21-30-17-11-16(24(25,26)27)12-29-20(17)32(21)2)31-19(33(22)3)14-5-7-15(8-6-14)23(13-28)9-10-23/h5-8,11-12H,4,9-10H2,1-3H3. The summed E-state index contributed by atoms with van der Waals surface area (Å²) in [7, 11) is -0.681. The third-order valence-corrected chi connectivity index (χ3v) is 8.44. The highest BCUT2D eigenvalue weighted by molar-refractivity contribution is 7.91. The van der Waals surface area contributed by atoms with Gasteiger partial charge in [-0.1, -0.05) is 31.2 Å².